The molecular weight excluding hydrogens is 308 g/mol. The van der Waals surface area contributed by atoms with Crippen molar-refractivity contribution < 1.29 is 19.4 Å². The molecule has 6 nitrogen and oxygen atoms in total. The maximum Gasteiger partial charge on any atom is 0.258 e. The zero-order valence-electron chi connectivity index (χ0n) is 13.4. The molecule has 2 amide bonds. The van der Waals surface area contributed by atoms with E-state index in [0.29, 0.717) is 5.75 Å². The highest BCUT2D eigenvalue weighted by Crippen LogP contribution is 2.14. The molecular formula is C18H20N2O4. The quantitative estimate of drug-likeness (QED) is 0.674. The van der Waals surface area contributed by atoms with Crippen LogP contribution in [0.1, 0.15) is 15.9 Å². The second-order valence-electron chi connectivity index (χ2n) is 5.22. The highest BCUT2D eigenvalue weighted by Gasteiger charge is 2.09. The van der Waals surface area contributed by atoms with Crippen molar-refractivity contribution in [3.8, 4) is 11.5 Å². The summed E-state index contributed by atoms with van der Waals surface area (Å²) in [4.78, 5) is 23.5. The minimum Gasteiger partial charge on any atom is -0.507 e. The summed E-state index contributed by atoms with van der Waals surface area (Å²) >= 11 is 0. The van der Waals surface area contributed by atoms with E-state index in [2.05, 4.69) is 10.6 Å². The fourth-order valence-electron chi connectivity index (χ4n) is 1.97. The average molecular weight is 328 g/mol. The summed E-state index contributed by atoms with van der Waals surface area (Å²) in [5.41, 5.74) is 1.32. The Balaban J connectivity index is 1.65. The lowest BCUT2D eigenvalue weighted by Gasteiger charge is -2.09. The van der Waals surface area contributed by atoms with E-state index in [0.717, 1.165) is 5.56 Å². The number of benzene rings is 2. The SMILES string of the molecule is Cc1ccc(OCC(=O)NCCNC(=O)c2ccccc2O)cc1. The molecule has 126 valence electrons. The van der Waals surface area contributed by atoms with E-state index in [4.69, 9.17) is 4.74 Å². The van der Waals surface area contributed by atoms with E-state index in [-0.39, 0.29) is 36.9 Å². The molecule has 0 saturated carbocycles. The minimum atomic E-state index is -0.391. The van der Waals surface area contributed by atoms with Gasteiger partial charge in [-0.2, -0.15) is 0 Å². The van der Waals surface area contributed by atoms with Crippen molar-refractivity contribution in [2.45, 2.75) is 6.92 Å². The fourth-order valence-corrected chi connectivity index (χ4v) is 1.97. The van der Waals surface area contributed by atoms with E-state index in [1.54, 1.807) is 24.3 Å². The summed E-state index contributed by atoms with van der Waals surface area (Å²) in [6.45, 7) is 2.41. The molecule has 2 aromatic rings. The van der Waals surface area contributed by atoms with Gasteiger partial charge in [-0.05, 0) is 31.2 Å². The van der Waals surface area contributed by atoms with Gasteiger partial charge in [0, 0.05) is 13.1 Å². The van der Waals surface area contributed by atoms with Crippen LogP contribution in [0.3, 0.4) is 0 Å². The monoisotopic (exact) mass is 328 g/mol. The van der Waals surface area contributed by atoms with Gasteiger partial charge in [0.05, 0.1) is 5.56 Å². The van der Waals surface area contributed by atoms with Crippen molar-refractivity contribution in [3.63, 3.8) is 0 Å². The van der Waals surface area contributed by atoms with E-state index in [1.807, 2.05) is 19.1 Å². The molecule has 0 radical (unpaired) electrons. The third-order valence-electron chi connectivity index (χ3n) is 3.27. The van der Waals surface area contributed by atoms with Crippen molar-refractivity contribution in [3.05, 3.63) is 59.7 Å². The van der Waals surface area contributed by atoms with Crippen molar-refractivity contribution in [2.75, 3.05) is 19.7 Å². The number of carbonyl (C=O) groups is 2. The lowest BCUT2D eigenvalue weighted by atomic mass is 10.2. The lowest BCUT2D eigenvalue weighted by Crippen LogP contribution is -2.36. The van der Waals surface area contributed by atoms with Gasteiger partial charge in [0.2, 0.25) is 0 Å². The number of hydrogen-bond acceptors (Lipinski definition) is 4. The number of para-hydroxylation sites is 1. The zero-order chi connectivity index (χ0) is 17.4. The normalized spacial score (nSPS) is 10.0. The molecule has 24 heavy (non-hydrogen) atoms. The lowest BCUT2D eigenvalue weighted by molar-refractivity contribution is -0.123. The zero-order valence-corrected chi connectivity index (χ0v) is 13.4. The van der Waals surface area contributed by atoms with Gasteiger partial charge in [0.1, 0.15) is 11.5 Å². The second kappa shape index (κ2) is 8.57. The molecule has 3 N–H and O–H groups in total. The van der Waals surface area contributed by atoms with Crippen LogP contribution in [-0.2, 0) is 4.79 Å². The summed E-state index contributed by atoms with van der Waals surface area (Å²) in [5.74, 6) is -0.111. The van der Waals surface area contributed by atoms with Crippen molar-refractivity contribution in [1.29, 1.82) is 0 Å². The number of rotatable bonds is 7. The number of phenolic OH excluding ortho intramolecular Hbond substituents is 1. The van der Waals surface area contributed by atoms with Crippen LogP contribution in [0.2, 0.25) is 0 Å². The molecule has 6 heteroatoms. The Labute approximate surface area is 140 Å². The Morgan fingerprint density at radius 1 is 1.00 bits per heavy atom. The van der Waals surface area contributed by atoms with Crippen LogP contribution in [0, 0.1) is 6.92 Å². The molecule has 2 rings (SSSR count). The van der Waals surface area contributed by atoms with E-state index in [9.17, 15) is 14.7 Å². The maximum atomic E-state index is 11.8. The number of ether oxygens (including phenoxy) is 1. The summed E-state index contributed by atoms with van der Waals surface area (Å²) in [6, 6.07) is 13.7. The fraction of sp³-hybridized carbons (Fsp3) is 0.222. The Morgan fingerprint density at radius 2 is 1.67 bits per heavy atom. The van der Waals surface area contributed by atoms with Crippen LogP contribution < -0.4 is 15.4 Å². The van der Waals surface area contributed by atoms with E-state index >= 15 is 0 Å². The second-order valence-corrected chi connectivity index (χ2v) is 5.22. The van der Waals surface area contributed by atoms with Crippen LogP contribution in [0.25, 0.3) is 0 Å². The van der Waals surface area contributed by atoms with Gasteiger partial charge in [-0.15, -0.1) is 0 Å². The van der Waals surface area contributed by atoms with Crippen LogP contribution in [0.4, 0.5) is 0 Å². The predicted octanol–water partition coefficient (Wildman–Crippen LogP) is 1.63. The Bertz CT molecular complexity index is 698. The summed E-state index contributed by atoms with van der Waals surface area (Å²) in [6.07, 6.45) is 0. The first-order valence-corrected chi connectivity index (χ1v) is 7.58. The third kappa shape index (κ3) is 5.31. The van der Waals surface area contributed by atoms with Gasteiger partial charge in [-0.3, -0.25) is 9.59 Å². The highest BCUT2D eigenvalue weighted by molar-refractivity contribution is 5.96. The molecule has 0 unspecified atom stereocenters. The molecule has 0 heterocycles. The highest BCUT2D eigenvalue weighted by atomic mass is 16.5. The topological polar surface area (TPSA) is 87.7 Å². The first-order valence-electron chi connectivity index (χ1n) is 7.58. The molecule has 0 aromatic heterocycles. The van der Waals surface area contributed by atoms with Gasteiger partial charge < -0.3 is 20.5 Å². The van der Waals surface area contributed by atoms with Gasteiger partial charge in [-0.1, -0.05) is 29.8 Å². The minimum absolute atomic E-state index is 0.0782. The van der Waals surface area contributed by atoms with Crippen LogP contribution in [0.5, 0.6) is 11.5 Å². The smallest absolute Gasteiger partial charge is 0.258 e. The standard InChI is InChI=1S/C18H20N2O4/c1-13-6-8-14(9-7-13)24-12-17(22)19-10-11-20-18(23)15-4-2-3-5-16(15)21/h2-9,21H,10-12H2,1H3,(H,19,22)(H,20,23). The number of amides is 2. The van der Waals surface area contributed by atoms with Crippen LogP contribution >= 0.6 is 0 Å². The van der Waals surface area contributed by atoms with Crippen molar-refractivity contribution >= 4 is 11.8 Å². The number of hydrogen-bond donors (Lipinski definition) is 3. The molecule has 0 aliphatic heterocycles. The van der Waals surface area contributed by atoms with Crippen LogP contribution in [-0.4, -0.2) is 36.6 Å². The molecule has 0 spiro atoms. The summed E-state index contributed by atoms with van der Waals surface area (Å²) in [5, 5.41) is 14.8. The largest absolute Gasteiger partial charge is 0.507 e. The molecule has 0 fully saturated rings. The molecule has 0 bridgehead atoms. The number of carbonyl (C=O) groups excluding carboxylic acids is 2. The summed E-state index contributed by atoms with van der Waals surface area (Å²) in [7, 11) is 0. The van der Waals surface area contributed by atoms with Crippen molar-refractivity contribution in [2.24, 2.45) is 0 Å². The predicted molar refractivity (Wildman–Crippen MR) is 90.1 cm³/mol. The summed E-state index contributed by atoms with van der Waals surface area (Å²) < 4.78 is 5.35. The Hall–Kier alpha value is -3.02. The molecule has 2 aromatic carbocycles. The van der Waals surface area contributed by atoms with E-state index in [1.165, 1.54) is 12.1 Å². The number of aryl methyl sites for hydroxylation is 1. The van der Waals surface area contributed by atoms with Crippen molar-refractivity contribution in [1.82, 2.24) is 10.6 Å². The van der Waals surface area contributed by atoms with E-state index < -0.39 is 5.91 Å². The molecule has 0 aliphatic carbocycles. The van der Waals surface area contributed by atoms with Crippen LogP contribution in [0.15, 0.2) is 48.5 Å². The average Bonchev–Trinajstić information content (AvgIpc) is 2.58. The number of nitrogens with one attached hydrogen (secondary N) is 2. The number of aromatic hydroxyl groups is 1. The first kappa shape index (κ1) is 17.3. The van der Waals surface area contributed by atoms with Gasteiger partial charge in [0.25, 0.3) is 11.8 Å². The van der Waals surface area contributed by atoms with Gasteiger partial charge in [0.15, 0.2) is 6.61 Å². The third-order valence-corrected chi connectivity index (χ3v) is 3.27. The molecule has 0 atom stereocenters. The van der Waals surface area contributed by atoms with Gasteiger partial charge >= 0.3 is 0 Å². The maximum absolute atomic E-state index is 11.8. The number of phenols is 1. The Morgan fingerprint density at radius 3 is 2.38 bits per heavy atom. The first-order chi connectivity index (χ1) is 11.6. The Kier molecular flexibility index (Phi) is 6.19. The molecule has 0 saturated heterocycles. The molecule has 0 aliphatic rings. The van der Waals surface area contributed by atoms with Gasteiger partial charge in [-0.25, -0.2) is 0 Å².